The van der Waals surface area contributed by atoms with Gasteiger partial charge in [-0.1, -0.05) is 24.6 Å². The van der Waals surface area contributed by atoms with E-state index in [0.717, 1.165) is 56.5 Å². The monoisotopic (exact) mass is 410 g/mol. The van der Waals surface area contributed by atoms with Crippen LogP contribution in [0.3, 0.4) is 0 Å². The lowest BCUT2D eigenvalue weighted by molar-refractivity contribution is -0.122. The molecule has 2 fully saturated rings. The van der Waals surface area contributed by atoms with Crippen molar-refractivity contribution in [3.63, 3.8) is 0 Å². The van der Waals surface area contributed by atoms with E-state index in [4.69, 9.17) is 0 Å². The second-order valence-electron chi connectivity index (χ2n) is 8.94. The van der Waals surface area contributed by atoms with Gasteiger partial charge in [0.1, 0.15) is 5.69 Å². The molecule has 0 radical (unpaired) electrons. The number of fused-ring (bicyclic) bond motifs is 1. The average Bonchev–Trinajstić information content (AvgIpc) is 3.19. The summed E-state index contributed by atoms with van der Waals surface area (Å²) in [5.41, 5.74) is 1.64. The molecule has 0 saturated carbocycles. The van der Waals surface area contributed by atoms with Gasteiger partial charge in [-0.05, 0) is 57.2 Å². The molecule has 1 aromatic carbocycles. The maximum atomic E-state index is 12.8. The number of aromatic amines is 1. The van der Waals surface area contributed by atoms with Crippen LogP contribution in [0, 0.1) is 5.92 Å². The molecule has 1 aromatic heterocycles. The van der Waals surface area contributed by atoms with Gasteiger partial charge in [0, 0.05) is 49.5 Å². The number of amides is 2. The third-order valence-electron chi connectivity index (χ3n) is 6.80. The zero-order valence-electron chi connectivity index (χ0n) is 18.0. The molecule has 2 aliphatic heterocycles. The number of hydrogen-bond donors (Lipinski definition) is 2. The molecule has 30 heavy (non-hydrogen) atoms. The number of nitrogens with one attached hydrogen (secondary N) is 2. The number of hydrogen-bond acceptors (Lipinski definition) is 3. The van der Waals surface area contributed by atoms with Crippen LogP contribution in [0.4, 0.5) is 0 Å². The maximum Gasteiger partial charge on any atom is 0.270 e. The van der Waals surface area contributed by atoms with E-state index in [0.29, 0.717) is 24.1 Å². The van der Waals surface area contributed by atoms with E-state index in [1.807, 2.05) is 35.2 Å². The minimum atomic E-state index is 0.0600. The Morgan fingerprint density at radius 3 is 2.67 bits per heavy atom. The van der Waals surface area contributed by atoms with Gasteiger partial charge in [0.25, 0.3) is 5.91 Å². The molecule has 2 amide bonds. The number of carbonyl (C=O) groups excluding carboxylic acids is 2. The topological polar surface area (TPSA) is 68.4 Å². The SMILES string of the molecule is C[C@H]1CCCCN1CCNC(=O)CC1CCN(C(=O)c2cc3ccccc3[nH]2)CC1. The molecule has 4 rings (SSSR count). The zero-order chi connectivity index (χ0) is 20.9. The van der Waals surface area contributed by atoms with E-state index in [1.165, 1.54) is 19.3 Å². The Morgan fingerprint density at radius 1 is 1.10 bits per heavy atom. The van der Waals surface area contributed by atoms with Crippen LogP contribution >= 0.6 is 0 Å². The van der Waals surface area contributed by atoms with Gasteiger partial charge in [-0.3, -0.25) is 14.5 Å². The van der Waals surface area contributed by atoms with E-state index >= 15 is 0 Å². The minimum Gasteiger partial charge on any atom is -0.355 e. The van der Waals surface area contributed by atoms with Crippen molar-refractivity contribution in [1.29, 1.82) is 0 Å². The summed E-state index contributed by atoms with van der Waals surface area (Å²) in [7, 11) is 0. The summed E-state index contributed by atoms with van der Waals surface area (Å²) >= 11 is 0. The van der Waals surface area contributed by atoms with Crippen LogP contribution in [-0.2, 0) is 4.79 Å². The normalized spacial score (nSPS) is 21.1. The number of piperidine rings is 2. The van der Waals surface area contributed by atoms with Crippen LogP contribution < -0.4 is 5.32 Å². The van der Waals surface area contributed by atoms with Crippen molar-refractivity contribution in [3.8, 4) is 0 Å². The van der Waals surface area contributed by atoms with Crippen LogP contribution in [0.15, 0.2) is 30.3 Å². The summed E-state index contributed by atoms with van der Waals surface area (Å²) in [5.74, 6) is 0.579. The lowest BCUT2D eigenvalue weighted by Crippen LogP contribution is -2.43. The standard InChI is InChI=1S/C24H34N4O2/c1-18-6-4-5-12-27(18)15-11-25-23(29)16-19-9-13-28(14-10-19)24(30)22-17-20-7-2-3-8-21(20)26-22/h2-3,7-8,17-19,26H,4-6,9-16H2,1H3,(H,25,29)/t18-/m0/s1. The highest BCUT2D eigenvalue weighted by Crippen LogP contribution is 2.23. The number of H-pyrrole nitrogens is 1. The molecular weight excluding hydrogens is 376 g/mol. The molecule has 0 aliphatic carbocycles. The van der Waals surface area contributed by atoms with Gasteiger partial charge in [0.15, 0.2) is 0 Å². The Labute approximate surface area is 179 Å². The maximum absolute atomic E-state index is 12.8. The van der Waals surface area contributed by atoms with Crippen LogP contribution in [0.25, 0.3) is 10.9 Å². The number of likely N-dealkylation sites (tertiary alicyclic amines) is 2. The summed E-state index contributed by atoms with van der Waals surface area (Å²) in [5, 5.41) is 4.17. The molecule has 0 bridgehead atoms. The van der Waals surface area contributed by atoms with Crippen molar-refractivity contribution in [2.75, 3.05) is 32.7 Å². The highest BCUT2D eigenvalue weighted by atomic mass is 16.2. The van der Waals surface area contributed by atoms with Crippen molar-refractivity contribution in [3.05, 3.63) is 36.0 Å². The first kappa shape index (κ1) is 20.9. The van der Waals surface area contributed by atoms with Gasteiger partial charge in [-0.2, -0.15) is 0 Å². The lowest BCUT2D eigenvalue weighted by Gasteiger charge is -2.33. The second-order valence-corrected chi connectivity index (χ2v) is 8.94. The molecule has 6 nitrogen and oxygen atoms in total. The molecule has 162 valence electrons. The van der Waals surface area contributed by atoms with Gasteiger partial charge in [0.2, 0.25) is 5.91 Å². The quantitative estimate of drug-likeness (QED) is 0.767. The third-order valence-corrected chi connectivity index (χ3v) is 6.80. The minimum absolute atomic E-state index is 0.0600. The van der Waals surface area contributed by atoms with Crippen molar-refractivity contribution >= 4 is 22.7 Å². The third kappa shape index (κ3) is 5.04. The lowest BCUT2D eigenvalue weighted by atomic mass is 9.93. The number of aromatic nitrogens is 1. The van der Waals surface area contributed by atoms with E-state index in [2.05, 4.69) is 22.1 Å². The molecule has 2 saturated heterocycles. The highest BCUT2D eigenvalue weighted by Gasteiger charge is 2.26. The van der Waals surface area contributed by atoms with Crippen molar-refractivity contribution in [2.24, 2.45) is 5.92 Å². The Balaban J connectivity index is 1.18. The Morgan fingerprint density at radius 2 is 1.90 bits per heavy atom. The molecule has 0 spiro atoms. The molecule has 1 atom stereocenters. The summed E-state index contributed by atoms with van der Waals surface area (Å²) < 4.78 is 0. The van der Waals surface area contributed by atoms with E-state index in [1.54, 1.807) is 0 Å². The number of carbonyl (C=O) groups is 2. The Kier molecular flexibility index (Phi) is 6.72. The smallest absolute Gasteiger partial charge is 0.270 e. The van der Waals surface area contributed by atoms with Gasteiger partial charge in [0.05, 0.1) is 0 Å². The van der Waals surface area contributed by atoms with Gasteiger partial charge in [-0.15, -0.1) is 0 Å². The number of nitrogens with zero attached hydrogens (tertiary/aromatic N) is 2. The number of rotatable bonds is 6. The Hall–Kier alpha value is -2.34. The van der Waals surface area contributed by atoms with E-state index < -0.39 is 0 Å². The summed E-state index contributed by atoms with van der Waals surface area (Å²) in [4.78, 5) is 32.8. The molecular formula is C24H34N4O2. The summed E-state index contributed by atoms with van der Waals surface area (Å²) in [6, 6.07) is 10.5. The predicted molar refractivity (Wildman–Crippen MR) is 119 cm³/mol. The number of benzene rings is 1. The number of para-hydroxylation sites is 1. The fraction of sp³-hybridized carbons (Fsp3) is 0.583. The van der Waals surface area contributed by atoms with E-state index in [9.17, 15) is 9.59 Å². The molecule has 2 aromatic rings. The van der Waals surface area contributed by atoms with Gasteiger partial charge in [-0.25, -0.2) is 0 Å². The summed E-state index contributed by atoms with van der Waals surface area (Å²) in [6.07, 6.45) is 6.22. The Bertz CT molecular complexity index is 836. The molecule has 2 N–H and O–H groups in total. The van der Waals surface area contributed by atoms with Crippen molar-refractivity contribution < 1.29 is 9.59 Å². The molecule has 6 heteroatoms. The predicted octanol–water partition coefficient (Wildman–Crippen LogP) is 3.40. The second kappa shape index (κ2) is 9.65. The first-order valence-electron chi connectivity index (χ1n) is 11.5. The zero-order valence-corrected chi connectivity index (χ0v) is 18.0. The van der Waals surface area contributed by atoms with Gasteiger partial charge >= 0.3 is 0 Å². The fourth-order valence-corrected chi connectivity index (χ4v) is 4.86. The van der Waals surface area contributed by atoms with Gasteiger partial charge < -0.3 is 15.2 Å². The average molecular weight is 411 g/mol. The van der Waals surface area contributed by atoms with Crippen LogP contribution in [0.2, 0.25) is 0 Å². The molecule has 2 aliphatic rings. The fourth-order valence-electron chi connectivity index (χ4n) is 4.86. The summed E-state index contributed by atoms with van der Waals surface area (Å²) in [6.45, 7) is 6.56. The first-order valence-corrected chi connectivity index (χ1v) is 11.5. The van der Waals surface area contributed by atoms with Crippen molar-refractivity contribution in [2.45, 2.75) is 51.5 Å². The first-order chi connectivity index (χ1) is 14.6. The molecule has 3 heterocycles. The largest absolute Gasteiger partial charge is 0.355 e. The molecule has 0 unspecified atom stereocenters. The van der Waals surface area contributed by atoms with E-state index in [-0.39, 0.29) is 11.8 Å². The van der Waals surface area contributed by atoms with Crippen LogP contribution in [0.5, 0.6) is 0 Å². The van der Waals surface area contributed by atoms with Crippen LogP contribution in [-0.4, -0.2) is 65.4 Å². The van der Waals surface area contributed by atoms with Crippen LogP contribution in [0.1, 0.15) is 55.9 Å². The van der Waals surface area contributed by atoms with Crippen molar-refractivity contribution in [1.82, 2.24) is 20.1 Å². The highest BCUT2D eigenvalue weighted by molar-refractivity contribution is 5.98.